The molecule has 0 unspecified atom stereocenters. The normalized spacial score (nSPS) is 10.3. The summed E-state index contributed by atoms with van der Waals surface area (Å²) in [5.41, 5.74) is 7.35. The summed E-state index contributed by atoms with van der Waals surface area (Å²) in [6.07, 6.45) is 1.63. The van der Waals surface area contributed by atoms with Crippen LogP contribution in [0.25, 0.3) is 11.4 Å². The number of methoxy groups -OCH3 is 1. The first-order valence-corrected chi connectivity index (χ1v) is 4.50. The first kappa shape index (κ1) is 9.51. The summed E-state index contributed by atoms with van der Waals surface area (Å²) in [6.45, 7) is 0. The molecule has 0 atom stereocenters. The van der Waals surface area contributed by atoms with E-state index in [-0.39, 0.29) is 0 Å². The number of aromatic nitrogens is 3. The van der Waals surface area contributed by atoms with Crippen molar-refractivity contribution in [3.63, 3.8) is 0 Å². The molecular weight excluding hydrogens is 192 g/mol. The number of rotatable bonds is 2. The summed E-state index contributed by atoms with van der Waals surface area (Å²) in [5.74, 6) is 1.48. The van der Waals surface area contributed by atoms with Crippen molar-refractivity contribution in [3.8, 4) is 17.1 Å². The number of nitrogens with zero attached hydrogens (tertiary/aromatic N) is 3. The molecule has 0 aliphatic heterocycles. The van der Waals surface area contributed by atoms with Gasteiger partial charge in [0.1, 0.15) is 12.1 Å². The molecule has 78 valence electrons. The summed E-state index contributed by atoms with van der Waals surface area (Å²) >= 11 is 0. The molecule has 0 spiro atoms. The molecule has 1 heterocycles. The lowest BCUT2D eigenvalue weighted by molar-refractivity contribution is 0.415. The van der Waals surface area contributed by atoms with Gasteiger partial charge >= 0.3 is 0 Å². The van der Waals surface area contributed by atoms with Crippen molar-refractivity contribution in [1.29, 1.82) is 0 Å². The van der Waals surface area contributed by atoms with Crippen molar-refractivity contribution in [2.75, 3.05) is 12.8 Å². The molecule has 0 aliphatic carbocycles. The molecule has 0 saturated carbocycles. The molecule has 0 aliphatic rings. The summed E-state index contributed by atoms with van der Waals surface area (Å²) < 4.78 is 6.95. The monoisotopic (exact) mass is 204 g/mol. The molecule has 2 N–H and O–H groups in total. The largest absolute Gasteiger partial charge is 0.497 e. The first-order chi connectivity index (χ1) is 7.22. The topological polar surface area (TPSA) is 66.0 Å². The molecular formula is C10H12N4O. The van der Waals surface area contributed by atoms with Crippen LogP contribution in [0, 0.1) is 0 Å². The van der Waals surface area contributed by atoms with Gasteiger partial charge < -0.3 is 15.0 Å². The average Bonchev–Trinajstić information content (AvgIpc) is 2.65. The number of aryl methyl sites for hydroxylation is 1. The third-order valence-electron chi connectivity index (χ3n) is 2.21. The standard InChI is InChI=1S/C10H12N4O/c1-14-6-12-13-10(14)8-5-7(15-2)3-4-9(8)11/h3-6H,11H2,1-2H3. The van der Waals surface area contributed by atoms with E-state index in [9.17, 15) is 0 Å². The Hall–Kier alpha value is -2.04. The Morgan fingerprint density at radius 2 is 2.20 bits per heavy atom. The van der Waals surface area contributed by atoms with Gasteiger partial charge in [-0.3, -0.25) is 0 Å². The van der Waals surface area contributed by atoms with Crippen LogP contribution in [-0.4, -0.2) is 21.9 Å². The second kappa shape index (κ2) is 3.61. The predicted molar refractivity (Wildman–Crippen MR) is 57.4 cm³/mol. The maximum atomic E-state index is 5.87. The van der Waals surface area contributed by atoms with Crippen LogP contribution in [0.1, 0.15) is 0 Å². The fourth-order valence-corrected chi connectivity index (χ4v) is 1.38. The van der Waals surface area contributed by atoms with E-state index in [4.69, 9.17) is 10.5 Å². The summed E-state index contributed by atoms with van der Waals surface area (Å²) in [4.78, 5) is 0. The summed E-state index contributed by atoms with van der Waals surface area (Å²) in [5, 5.41) is 7.81. The van der Waals surface area contributed by atoms with Crippen molar-refractivity contribution in [2.24, 2.45) is 7.05 Å². The van der Waals surface area contributed by atoms with Crippen LogP contribution in [0.2, 0.25) is 0 Å². The first-order valence-electron chi connectivity index (χ1n) is 4.50. The Morgan fingerprint density at radius 1 is 1.40 bits per heavy atom. The second-order valence-corrected chi connectivity index (χ2v) is 3.22. The van der Waals surface area contributed by atoms with Crippen molar-refractivity contribution < 1.29 is 4.74 Å². The third-order valence-corrected chi connectivity index (χ3v) is 2.21. The highest BCUT2D eigenvalue weighted by molar-refractivity contribution is 5.73. The number of benzene rings is 1. The third kappa shape index (κ3) is 1.63. The molecule has 2 aromatic rings. The fraction of sp³-hybridized carbons (Fsp3) is 0.200. The van der Waals surface area contributed by atoms with Gasteiger partial charge in [-0.05, 0) is 18.2 Å². The van der Waals surface area contributed by atoms with E-state index in [1.165, 1.54) is 0 Å². The number of nitrogen functional groups attached to an aromatic ring is 1. The lowest BCUT2D eigenvalue weighted by Gasteiger charge is -2.06. The Bertz CT molecular complexity index is 478. The van der Waals surface area contributed by atoms with Crippen LogP contribution in [0.15, 0.2) is 24.5 Å². The number of anilines is 1. The Labute approximate surface area is 87.5 Å². The SMILES string of the molecule is COc1ccc(N)c(-c2nncn2C)c1. The molecule has 0 saturated heterocycles. The van der Waals surface area contributed by atoms with E-state index < -0.39 is 0 Å². The summed E-state index contributed by atoms with van der Waals surface area (Å²) in [7, 11) is 3.49. The van der Waals surface area contributed by atoms with Gasteiger partial charge in [0.25, 0.3) is 0 Å². The van der Waals surface area contributed by atoms with Crippen molar-refractivity contribution in [1.82, 2.24) is 14.8 Å². The molecule has 2 rings (SSSR count). The quantitative estimate of drug-likeness (QED) is 0.743. The van der Waals surface area contributed by atoms with Gasteiger partial charge in [-0.1, -0.05) is 0 Å². The maximum Gasteiger partial charge on any atom is 0.165 e. The van der Waals surface area contributed by atoms with E-state index in [1.54, 1.807) is 19.5 Å². The highest BCUT2D eigenvalue weighted by Crippen LogP contribution is 2.27. The lowest BCUT2D eigenvalue weighted by Crippen LogP contribution is -1.97. The molecule has 1 aromatic carbocycles. The zero-order valence-corrected chi connectivity index (χ0v) is 8.64. The minimum Gasteiger partial charge on any atom is -0.497 e. The van der Waals surface area contributed by atoms with Gasteiger partial charge in [0, 0.05) is 18.3 Å². The van der Waals surface area contributed by atoms with Crippen LogP contribution in [0.5, 0.6) is 5.75 Å². The van der Waals surface area contributed by atoms with Crippen LogP contribution in [0.3, 0.4) is 0 Å². The lowest BCUT2D eigenvalue weighted by atomic mass is 10.1. The minimum atomic E-state index is 0.659. The van der Waals surface area contributed by atoms with Gasteiger partial charge in [0.05, 0.1) is 7.11 Å². The van der Waals surface area contributed by atoms with Crippen LogP contribution in [-0.2, 0) is 7.05 Å². The van der Waals surface area contributed by atoms with E-state index in [0.29, 0.717) is 5.69 Å². The van der Waals surface area contributed by atoms with Crippen molar-refractivity contribution in [2.45, 2.75) is 0 Å². The summed E-state index contributed by atoms with van der Waals surface area (Å²) in [6, 6.07) is 5.46. The fourth-order valence-electron chi connectivity index (χ4n) is 1.38. The van der Waals surface area contributed by atoms with Gasteiger partial charge in [-0.15, -0.1) is 10.2 Å². The number of ether oxygens (including phenoxy) is 1. The molecule has 0 fully saturated rings. The van der Waals surface area contributed by atoms with E-state index >= 15 is 0 Å². The molecule has 0 radical (unpaired) electrons. The molecule has 1 aromatic heterocycles. The van der Waals surface area contributed by atoms with Gasteiger partial charge in [-0.25, -0.2) is 0 Å². The molecule has 0 amide bonds. The van der Waals surface area contributed by atoms with E-state index in [2.05, 4.69) is 10.2 Å². The number of hydrogen-bond acceptors (Lipinski definition) is 4. The highest BCUT2D eigenvalue weighted by atomic mass is 16.5. The average molecular weight is 204 g/mol. The van der Waals surface area contributed by atoms with Crippen LogP contribution >= 0.6 is 0 Å². The van der Waals surface area contributed by atoms with Crippen LogP contribution < -0.4 is 10.5 Å². The van der Waals surface area contributed by atoms with E-state index in [1.807, 2.05) is 23.7 Å². The molecule has 0 bridgehead atoms. The smallest absolute Gasteiger partial charge is 0.165 e. The zero-order chi connectivity index (χ0) is 10.8. The highest BCUT2D eigenvalue weighted by Gasteiger charge is 2.09. The molecule has 15 heavy (non-hydrogen) atoms. The Morgan fingerprint density at radius 3 is 2.80 bits per heavy atom. The Kier molecular flexibility index (Phi) is 2.29. The van der Waals surface area contributed by atoms with Crippen molar-refractivity contribution in [3.05, 3.63) is 24.5 Å². The Balaban J connectivity index is 2.56. The van der Waals surface area contributed by atoms with E-state index in [0.717, 1.165) is 17.1 Å². The number of hydrogen-bond donors (Lipinski definition) is 1. The predicted octanol–water partition coefficient (Wildman–Crippen LogP) is 1.07. The zero-order valence-electron chi connectivity index (χ0n) is 8.64. The molecule has 5 heteroatoms. The maximum absolute atomic E-state index is 5.87. The number of nitrogens with two attached hydrogens (primary N) is 1. The van der Waals surface area contributed by atoms with Crippen LogP contribution in [0.4, 0.5) is 5.69 Å². The molecule has 5 nitrogen and oxygen atoms in total. The van der Waals surface area contributed by atoms with Gasteiger partial charge in [0.2, 0.25) is 0 Å². The van der Waals surface area contributed by atoms with Gasteiger partial charge in [-0.2, -0.15) is 0 Å². The van der Waals surface area contributed by atoms with Crippen molar-refractivity contribution >= 4 is 5.69 Å². The minimum absolute atomic E-state index is 0.659. The second-order valence-electron chi connectivity index (χ2n) is 3.22. The van der Waals surface area contributed by atoms with Gasteiger partial charge in [0.15, 0.2) is 5.82 Å².